The minimum atomic E-state index is -0.843. The van der Waals surface area contributed by atoms with Crippen LogP contribution in [-0.4, -0.2) is 77.1 Å². The zero-order valence-electron chi connectivity index (χ0n) is 26.6. The summed E-state index contributed by atoms with van der Waals surface area (Å²) < 4.78 is 0. The maximum atomic E-state index is 13.5. The summed E-state index contributed by atoms with van der Waals surface area (Å²) in [5.41, 5.74) is 1.65. The van der Waals surface area contributed by atoms with Gasteiger partial charge in [0, 0.05) is 24.3 Å². The fraction of sp³-hybridized carbons (Fsp3) is 0.613. The number of hydrogen-bond donors (Lipinski definition) is 4. The van der Waals surface area contributed by atoms with Crippen molar-refractivity contribution in [3.8, 4) is 0 Å². The average Bonchev–Trinajstić information content (AvgIpc) is 3.37. The minimum Gasteiger partial charge on any atom is -0.391 e. The van der Waals surface area contributed by atoms with Crippen LogP contribution in [0.1, 0.15) is 92.3 Å². The Kier molecular flexibility index (Phi) is 17.5. The fourth-order valence-corrected chi connectivity index (χ4v) is 5.03. The Balaban J connectivity index is 0.00000382. The van der Waals surface area contributed by atoms with E-state index in [-0.39, 0.29) is 49.8 Å². The third-order valence-corrected chi connectivity index (χ3v) is 7.32. The molecule has 1 fully saturated rings. The Morgan fingerprint density at radius 3 is 2.12 bits per heavy atom. The number of hydrogen-bond acceptors (Lipinski definition) is 7. The van der Waals surface area contributed by atoms with Crippen molar-refractivity contribution in [2.24, 2.45) is 10.4 Å². The number of rotatable bonds is 10. The third-order valence-electron chi connectivity index (χ3n) is 6.44. The lowest BCUT2D eigenvalue weighted by atomic mass is 9.85. The van der Waals surface area contributed by atoms with Crippen LogP contribution in [0.25, 0.3) is 4.91 Å². The van der Waals surface area contributed by atoms with Gasteiger partial charge in [0.05, 0.1) is 24.4 Å². The number of aliphatic hydroxyl groups is 2. The van der Waals surface area contributed by atoms with Crippen LogP contribution in [0.4, 0.5) is 0 Å². The molecule has 41 heavy (non-hydrogen) atoms. The Labute approximate surface area is 251 Å². The van der Waals surface area contributed by atoms with Crippen molar-refractivity contribution in [3.05, 3.63) is 41.1 Å². The molecular weight excluding hydrogens is 540 g/mol. The second kappa shape index (κ2) is 18.7. The number of amides is 3. The van der Waals surface area contributed by atoms with Crippen LogP contribution in [0, 0.1) is 5.41 Å². The Morgan fingerprint density at radius 2 is 1.68 bits per heavy atom. The number of nitrogens with zero attached hydrogens (tertiary/aromatic N) is 2. The van der Waals surface area contributed by atoms with Gasteiger partial charge < -0.3 is 25.7 Å². The number of likely N-dealkylation sites (tertiary alicyclic amines) is 1. The first kappa shape index (κ1) is 38.3. The number of β-amino-alcohol motifs (C(OH)–C–C–N with tert-alkyl or cyclic N) is 1. The average molecular weight is 593 g/mol. The fourth-order valence-electron chi connectivity index (χ4n) is 4.30. The topological polar surface area (TPSA) is 131 Å². The van der Waals surface area contributed by atoms with Gasteiger partial charge in [0.25, 0.3) is 0 Å². The predicted octanol–water partition coefficient (Wildman–Crippen LogP) is 4.54. The summed E-state index contributed by atoms with van der Waals surface area (Å²) in [4.78, 5) is 44.9. The van der Waals surface area contributed by atoms with Crippen LogP contribution >= 0.6 is 11.8 Å². The first-order chi connectivity index (χ1) is 19.4. The predicted molar refractivity (Wildman–Crippen MR) is 171 cm³/mol. The molecule has 1 heterocycles. The molecule has 0 aromatic heterocycles. The number of benzene rings is 1. The molecular formula is C31H52N4O5S. The standard InChI is InChI=1S/C27H40N4O5S.2C2H6/c1-8-22(34)30-24(27(3,4)5)26(36)31-14-19(33)13-21(31)25(35)29-16(2)17-9-11-18(12-10-17)23(37-7)20(15-32)28-6;2*1-2/h9-12,16,19,21,24,32-33H,6,8,13-15H2,1-5,7H3,(H,29,35)(H,30,34);2*1-2H3/b23-20-;;. The van der Waals surface area contributed by atoms with Gasteiger partial charge in [-0.15, -0.1) is 11.8 Å². The van der Waals surface area contributed by atoms with Gasteiger partial charge >= 0.3 is 0 Å². The number of aliphatic hydroxyl groups excluding tert-OH is 2. The van der Waals surface area contributed by atoms with Gasteiger partial charge in [0.2, 0.25) is 17.7 Å². The molecule has 0 saturated carbocycles. The highest BCUT2D eigenvalue weighted by atomic mass is 32.2. The second-order valence-electron chi connectivity index (χ2n) is 10.3. The van der Waals surface area contributed by atoms with Crippen LogP contribution < -0.4 is 10.6 Å². The van der Waals surface area contributed by atoms with Crippen LogP contribution in [0.15, 0.2) is 35.0 Å². The molecule has 232 valence electrons. The van der Waals surface area contributed by atoms with Crippen LogP contribution in [0.3, 0.4) is 0 Å². The molecule has 1 saturated heterocycles. The molecule has 4 unspecified atom stereocenters. The smallest absolute Gasteiger partial charge is 0.246 e. The van der Waals surface area contributed by atoms with Crippen molar-refractivity contribution in [1.82, 2.24) is 15.5 Å². The second-order valence-corrected chi connectivity index (χ2v) is 11.1. The van der Waals surface area contributed by atoms with Gasteiger partial charge in [0.1, 0.15) is 12.1 Å². The van der Waals surface area contributed by atoms with Crippen LogP contribution in [-0.2, 0) is 14.4 Å². The van der Waals surface area contributed by atoms with E-state index in [0.717, 1.165) is 16.0 Å². The van der Waals surface area contributed by atoms with E-state index in [0.29, 0.717) is 5.70 Å². The Bertz CT molecular complexity index is 1020. The highest BCUT2D eigenvalue weighted by molar-refractivity contribution is 8.07. The highest BCUT2D eigenvalue weighted by Crippen LogP contribution is 2.31. The monoisotopic (exact) mass is 592 g/mol. The summed E-state index contributed by atoms with van der Waals surface area (Å²) in [5, 5.41) is 25.6. The van der Waals surface area contributed by atoms with Crippen molar-refractivity contribution in [2.75, 3.05) is 19.4 Å². The molecule has 3 amide bonds. The van der Waals surface area contributed by atoms with E-state index in [1.807, 2.05) is 85.9 Å². The SMILES string of the molecule is C=N/C(CO)=C(\SC)c1ccc(C(C)NC(=O)C2CC(O)CN2C(=O)C(NC(=O)CC)C(C)(C)C)cc1.CC.CC. The van der Waals surface area contributed by atoms with Crippen molar-refractivity contribution in [1.29, 1.82) is 0 Å². The van der Waals surface area contributed by atoms with Gasteiger partial charge in [-0.25, -0.2) is 0 Å². The number of aliphatic imine (C=N–C) groups is 1. The lowest BCUT2D eigenvalue weighted by Crippen LogP contribution is -2.57. The van der Waals surface area contributed by atoms with Crippen molar-refractivity contribution < 1.29 is 24.6 Å². The normalized spacial score (nSPS) is 18.4. The zero-order valence-corrected chi connectivity index (χ0v) is 27.4. The molecule has 9 nitrogen and oxygen atoms in total. The Morgan fingerprint density at radius 1 is 1.12 bits per heavy atom. The number of nitrogens with one attached hydrogen (secondary N) is 2. The molecule has 1 aliphatic heterocycles. The van der Waals surface area contributed by atoms with E-state index in [9.17, 15) is 24.6 Å². The molecule has 4 N–H and O–H groups in total. The van der Waals surface area contributed by atoms with E-state index in [1.54, 1.807) is 6.92 Å². The van der Waals surface area contributed by atoms with Crippen molar-refractivity contribution in [2.45, 2.75) is 99.4 Å². The quantitative estimate of drug-likeness (QED) is 0.295. The maximum absolute atomic E-state index is 13.5. The number of carbonyl (C=O) groups excluding carboxylic acids is 3. The molecule has 0 spiro atoms. The van der Waals surface area contributed by atoms with E-state index in [2.05, 4.69) is 22.3 Å². The summed E-state index contributed by atoms with van der Waals surface area (Å²) in [6.45, 7) is 20.4. The third kappa shape index (κ3) is 10.9. The van der Waals surface area contributed by atoms with Gasteiger partial charge in [0.15, 0.2) is 0 Å². The Hall–Kier alpha value is -2.69. The minimum absolute atomic E-state index is 0.0307. The molecule has 0 bridgehead atoms. The number of carbonyl (C=O) groups is 3. The molecule has 4 atom stereocenters. The molecule has 2 rings (SSSR count). The number of thioether (sulfide) groups is 1. The van der Waals surface area contributed by atoms with Gasteiger partial charge in [-0.2, -0.15) is 0 Å². The summed E-state index contributed by atoms with van der Waals surface area (Å²) in [5.74, 6) is -0.991. The zero-order chi connectivity index (χ0) is 31.9. The lowest BCUT2D eigenvalue weighted by molar-refractivity contribution is -0.144. The lowest BCUT2D eigenvalue weighted by Gasteiger charge is -2.35. The molecule has 0 aliphatic carbocycles. The highest BCUT2D eigenvalue weighted by Gasteiger charge is 2.44. The van der Waals surface area contributed by atoms with Crippen LogP contribution in [0.5, 0.6) is 0 Å². The van der Waals surface area contributed by atoms with Crippen LogP contribution in [0.2, 0.25) is 0 Å². The molecule has 0 radical (unpaired) electrons. The summed E-state index contributed by atoms with van der Waals surface area (Å²) in [6.07, 6.45) is 1.44. The van der Waals surface area contributed by atoms with E-state index >= 15 is 0 Å². The first-order valence-electron chi connectivity index (χ1n) is 14.4. The van der Waals surface area contributed by atoms with Crippen molar-refractivity contribution >= 4 is 41.1 Å². The molecule has 1 aliphatic rings. The van der Waals surface area contributed by atoms with Gasteiger partial charge in [-0.05, 0) is 36.4 Å². The van der Waals surface area contributed by atoms with E-state index in [4.69, 9.17) is 0 Å². The molecule has 10 heteroatoms. The first-order valence-corrected chi connectivity index (χ1v) is 15.6. The van der Waals surface area contributed by atoms with E-state index in [1.165, 1.54) is 16.7 Å². The molecule has 1 aromatic carbocycles. The van der Waals surface area contributed by atoms with Crippen molar-refractivity contribution in [3.63, 3.8) is 0 Å². The molecule has 1 aromatic rings. The maximum Gasteiger partial charge on any atom is 0.246 e. The van der Waals surface area contributed by atoms with Gasteiger partial charge in [-0.3, -0.25) is 19.4 Å². The summed E-state index contributed by atoms with van der Waals surface area (Å²) in [7, 11) is 0. The van der Waals surface area contributed by atoms with E-state index < -0.39 is 23.6 Å². The van der Waals surface area contributed by atoms with Gasteiger partial charge in [-0.1, -0.05) is 79.7 Å². The summed E-state index contributed by atoms with van der Waals surface area (Å²) in [6, 6.07) is 5.54. The largest absolute Gasteiger partial charge is 0.391 e. The summed E-state index contributed by atoms with van der Waals surface area (Å²) >= 11 is 1.46.